The Morgan fingerprint density at radius 3 is 2.71 bits per heavy atom. The summed E-state index contributed by atoms with van der Waals surface area (Å²) < 4.78 is 18.8. The van der Waals surface area contributed by atoms with Gasteiger partial charge in [-0.25, -0.2) is 4.39 Å². The predicted octanol–water partition coefficient (Wildman–Crippen LogP) is 3.58. The molecule has 2 aromatic rings. The Bertz CT molecular complexity index is 492. The van der Waals surface area contributed by atoms with Crippen LogP contribution in [0.25, 0.3) is 0 Å². The van der Waals surface area contributed by atoms with E-state index in [2.05, 4.69) is 5.32 Å². The van der Waals surface area contributed by atoms with Crippen LogP contribution < -0.4 is 5.32 Å². The minimum atomic E-state index is -0.177. The number of rotatable bonds is 4. The molecule has 0 bridgehead atoms. The van der Waals surface area contributed by atoms with Crippen LogP contribution in [-0.4, -0.2) is 0 Å². The van der Waals surface area contributed by atoms with Crippen molar-refractivity contribution in [3.05, 3.63) is 59.3 Å². The molecule has 1 heterocycles. The van der Waals surface area contributed by atoms with E-state index in [0.717, 1.165) is 11.3 Å². The summed E-state index contributed by atoms with van der Waals surface area (Å²) in [5.41, 5.74) is 1.79. The number of hydrogen-bond acceptors (Lipinski definition) is 2. The molecule has 0 radical (unpaired) electrons. The highest BCUT2D eigenvalue weighted by Gasteiger charge is 2.10. The lowest BCUT2D eigenvalue weighted by atomic mass is 10.1. The summed E-state index contributed by atoms with van der Waals surface area (Å²) in [4.78, 5) is 0. The van der Waals surface area contributed by atoms with Gasteiger partial charge in [-0.05, 0) is 31.5 Å². The fourth-order valence-electron chi connectivity index (χ4n) is 1.77. The van der Waals surface area contributed by atoms with Crippen molar-refractivity contribution in [1.82, 2.24) is 5.32 Å². The molecule has 0 spiro atoms. The molecule has 1 unspecified atom stereocenters. The molecule has 1 aromatic carbocycles. The van der Waals surface area contributed by atoms with Crippen LogP contribution in [0.3, 0.4) is 0 Å². The Labute approximate surface area is 100 Å². The molecule has 2 nitrogen and oxygen atoms in total. The van der Waals surface area contributed by atoms with Crippen LogP contribution >= 0.6 is 0 Å². The Morgan fingerprint density at radius 1 is 1.29 bits per heavy atom. The van der Waals surface area contributed by atoms with Crippen molar-refractivity contribution in [3.8, 4) is 0 Å². The lowest BCUT2D eigenvalue weighted by Crippen LogP contribution is -2.19. The van der Waals surface area contributed by atoms with E-state index in [9.17, 15) is 4.39 Å². The summed E-state index contributed by atoms with van der Waals surface area (Å²) in [5.74, 6) is 0.719. The molecule has 0 aliphatic carbocycles. The van der Waals surface area contributed by atoms with E-state index >= 15 is 0 Å². The van der Waals surface area contributed by atoms with Crippen molar-refractivity contribution in [3.63, 3.8) is 0 Å². The highest BCUT2D eigenvalue weighted by molar-refractivity contribution is 5.21. The van der Waals surface area contributed by atoms with Crippen LogP contribution in [0.15, 0.2) is 41.0 Å². The molecule has 0 aliphatic heterocycles. The summed E-state index contributed by atoms with van der Waals surface area (Å²) in [6.07, 6.45) is 1.67. The van der Waals surface area contributed by atoms with Gasteiger partial charge >= 0.3 is 0 Å². The van der Waals surface area contributed by atoms with Crippen molar-refractivity contribution in [2.45, 2.75) is 26.4 Å². The molecule has 1 atom stereocenters. The fraction of sp³-hybridized carbons (Fsp3) is 0.286. The van der Waals surface area contributed by atoms with Crippen molar-refractivity contribution in [1.29, 1.82) is 0 Å². The maximum atomic E-state index is 13.5. The largest absolute Gasteiger partial charge is 0.468 e. The third-order valence-corrected chi connectivity index (χ3v) is 2.91. The first-order valence-corrected chi connectivity index (χ1v) is 5.69. The van der Waals surface area contributed by atoms with Gasteiger partial charge in [-0.1, -0.05) is 18.2 Å². The number of hydrogen-bond donors (Lipinski definition) is 1. The standard InChI is InChI=1S/C14H16FNO/c1-10-7-8-17-14(10)9-16-11(2)12-5-3-4-6-13(12)15/h3-8,11,16H,9H2,1-2H3. The van der Waals surface area contributed by atoms with Gasteiger partial charge in [0.2, 0.25) is 0 Å². The van der Waals surface area contributed by atoms with Crippen LogP contribution in [0.4, 0.5) is 4.39 Å². The number of nitrogens with one attached hydrogen (secondary N) is 1. The van der Waals surface area contributed by atoms with Gasteiger partial charge in [0.05, 0.1) is 12.8 Å². The second-order valence-corrected chi connectivity index (χ2v) is 4.15. The average Bonchev–Trinajstić information content (AvgIpc) is 2.72. The molecule has 0 aliphatic rings. The summed E-state index contributed by atoms with van der Waals surface area (Å²) >= 11 is 0. The lowest BCUT2D eigenvalue weighted by Gasteiger charge is -2.14. The maximum Gasteiger partial charge on any atom is 0.127 e. The summed E-state index contributed by atoms with van der Waals surface area (Å²) in [5, 5.41) is 3.25. The number of furan rings is 1. The van der Waals surface area contributed by atoms with E-state index in [1.54, 1.807) is 18.4 Å². The lowest BCUT2D eigenvalue weighted by molar-refractivity contribution is 0.451. The molecule has 0 amide bonds. The molecule has 0 saturated carbocycles. The molecule has 17 heavy (non-hydrogen) atoms. The van der Waals surface area contributed by atoms with Gasteiger partial charge in [0.15, 0.2) is 0 Å². The van der Waals surface area contributed by atoms with Gasteiger partial charge < -0.3 is 9.73 Å². The molecule has 0 saturated heterocycles. The summed E-state index contributed by atoms with van der Waals surface area (Å²) in [6, 6.07) is 8.69. The SMILES string of the molecule is Cc1ccoc1CNC(C)c1ccccc1F. The van der Waals surface area contributed by atoms with Crippen LogP contribution in [-0.2, 0) is 6.54 Å². The van der Waals surface area contributed by atoms with E-state index < -0.39 is 0 Å². The quantitative estimate of drug-likeness (QED) is 0.873. The first kappa shape index (κ1) is 11.9. The molecule has 0 fully saturated rings. The third kappa shape index (κ3) is 2.74. The Hall–Kier alpha value is -1.61. The minimum Gasteiger partial charge on any atom is -0.468 e. The van der Waals surface area contributed by atoms with E-state index in [1.165, 1.54) is 6.07 Å². The molecule has 3 heteroatoms. The van der Waals surface area contributed by atoms with Crippen molar-refractivity contribution in [2.24, 2.45) is 0 Å². The zero-order chi connectivity index (χ0) is 12.3. The van der Waals surface area contributed by atoms with Crippen molar-refractivity contribution >= 4 is 0 Å². The maximum absolute atomic E-state index is 13.5. The first-order valence-electron chi connectivity index (χ1n) is 5.69. The molecule has 2 rings (SSSR count). The zero-order valence-corrected chi connectivity index (χ0v) is 10.0. The van der Waals surface area contributed by atoms with Crippen LogP contribution in [0.1, 0.15) is 29.9 Å². The molecule has 1 aromatic heterocycles. The fourth-order valence-corrected chi connectivity index (χ4v) is 1.77. The average molecular weight is 233 g/mol. The molecule has 90 valence electrons. The molecular weight excluding hydrogens is 217 g/mol. The van der Waals surface area contributed by atoms with Crippen molar-refractivity contribution < 1.29 is 8.81 Å². The number of aryl methyl sites for hydroxylation is 1. The first-order chi connectivity index (χ1) is 8.18. The Kier molecular flexibility index (Phi) is 3.59. The van der Waals surface area contributed by atoms with Gasteiger partial charge in [0.1, 0.15) is 11.6 Å². The van der Waals surface area contributed by atoms with E-state index in [4.69, 9.17) is 4.42 Å². The number of halogens is 1. The van der Waals surface area contributed by atoms with Gasteiger partial charge in [0, 0.05) is 11.6 Å². The van der Waals surface area contributed by atoms with E-state index in [0.29, 0.717) is 12.1 Å². The van der Waals surface area contributed by atoms with Crippen LogP contribution in [0.2, 0.25) is 0 Å². The molecule has 1 N–H and O–H groups in total. The third-order valence-electron chi connectivity index (χ3n) is 2.91. The van der Waals surface area contributed by atoms with Crippen molar-refractivity contribution in [2.75, 3.05) is 0 Å². The van der Waals surface area contributed by atoms with Gasteiger partial charge in [0.25, 0.3) is 0 Å². The Balaban J connectivity index is 2.01. The highest BCUT2D eigenvalue weighted by Crippen LogP contribution is 2.17. The number of benzene rings is 1. The summed E-state index contributed by atoms with van der Waals surface area (Å²) in [7, 11) is 0. The second kappa shape index (κ2) is 5.15. The monoisotopic (exact) mass is 233 g/mol. The predicted molar refractivity (Wildman–Crippen MR) is 65.1 cm³/mol. The highest BCUT2D eigenvalue weighted by atomic mass is 19.1. The zero-order valence-electron chi connectivity index (χ0n) is 10.0. The normalized spacial score (nSPS) is 12.6. The smallest absolute Gasteiger partial charge is 0.127 e. The van der Waals surface area contributed by atoms with Crippen LogP contribution in [0.5, 0.6) is 0 Å². The van der Waals surface area contributed by atoms with E-state index in [-0.39, 0.29) is 11.9 Å². The Morgan fingerprint density at radius 2 is 2.06 bits per heavy atom. The summed E-state index contributed by atoms with van der Waals surface area (Å²) in [6.45, 7) is 4.54. The minimum absolute atomic E-state index is 0.0410. The molecular formula is C14H16FNO. The van der Waals surface area contributed by atoms with E-state index in [1.807, 2.05) is 26.0 Å². The van der Waals surface area contributed by atoms with Crippen LogP contribution in [0, 0.1) is 12.7 Å². The van der Waals surface area contributed by atoms with Gasteiger partial charge in [-0.2, -0.15) is 0 Å². The van der Waals surface area contributed by atoms with Gasteiger partial charge in [-0.15, -0.1) is 0 Å². The topological polar surface area (TPSA) is 25.2 Å². The van der Waals surface area contributed by atoms with Gasteiger partial charge in [-0.3, -0.25) is 0 Å². The second-order valence-electron chi connectivity index (χ2n) is 4.15.